The molecule has 0 saturated carbocycles. The molecule has 0 bridgehead atoms. The lowest BCUT2D eigenvalue weighted by Gasteiger charge is -2.37. The van der Waals surface area contributed by atoms with Gasteiger partial charge < -0.3 is 36.0 Å². The van der Waals surface area contributed by atoms with Crippen molar-refractivity contribution in [3.63, 3.8) is 0 Å². The summed E-state index contributed by atoms with van der Waals surface area (Å²) in [7, 11) is 4.48. The van der Waals surface area contributed by atoms with Crippen LogP contribution in [0.15, 0.2) is 30.3 Å². The number of hydrogen-bond donors (Lipinski definition) is 4. The van der Waals surface area contributed by atoms with Crippen LogP contribution >= 0.6 is 0 Å². The molecular formula is C42H69N7O7. The molecule has 314 valence electrons. The van der Waals surface area contributed by atoms with Crippen LogP contribution in [0.3, 0.4) is 0 Å². The third-order valence-corrected chi connectivity index (χ3v) is 10.9. The molecule has 0 radical (unpaired) electrons. The molecule has 14 nitrogen and oxygen atoms in total. The summed E-state index contributed by atoms with van der Waals surface area (Å²) in [6.07, 6.45) is 0.884. The van der Waals surface area contributed by atoms with Crippen LogP contribution in [-0.4, -0.2) is 119 Å². The molecule has 0 spiro atoms. The maximum absolute atomic E-state index is 14.3. The number of hydrogen-bond acceptors (Lipinski definition) is 7. The van der Waals surface area contributed by atoms with E-state index in [4.69, 9.17) is 0 Å². The second-order valence-electron chi connectivity index (χ2n) is 16.9. The van der Waals surface area contributed by atoms with Gasteiger partial charge >= 0.3 is 0 Å². The molecule has 0 aliphatic carbocycles. The van der Waals surface area contributed by atoms with Gasteiger partial charge in [-0.15, -0.1) is 0 Å². The largest absolute Gasteiger partial charge is 0.342 e. The Bertz CT molecular complexity index is 1530. The Morgan fingerprint density at radius 2 is 1.09 bits per heavy atom. The van der Waals surface area contributed by atoms with Crippen LogP contribution in [0.1, 0.15) is 94.6 Å². The molecule has 2 rings (SSSR count). The van der Waals surface area contributed by atoms with E-state index in [1.165, 1.54) is 35.8 Å². The number of likely N-dealkylation sites (N-methyl/N-ethyl adjacent to an activating group) is 3. The number of carbonyl (C=O) groups is 7. The minimum Gasteiger partial charge on any atom is -0.342 e. The van der Waals surface area contributed by atoms with Crippen molar-refractivity contribution < 1.29 is 33.6 Å². The minimum atomic E-state index is -1.08. The Hall–Kier alpha value is -4.49. The molecule has 14 heteroatoms. The third-order valence-electron chi connectivity index (χ3n) is 10.9. The average Bonchev–Trinajstić information content (AvgIpc) is 3.13. The monoisotopic (exact) mass is 784 g/mol. The maximum Gasteiger partial charge on any atom is 0.245 e. The molecule has 1 aromatic carbocycles. The van der Waals surface area contributed by atoms with Crippen LogP contribution in [0.25, 0.3) is 0 Å². The van der Waals surface area contributed by atoms with Gasteiger partial charge in [-0.05, 0) is 48.5 Å². The van der Waals surface area contributed by atoms with Crippen LogP contribution in [0.5, 0.6) is 0 Å². The molecule has 1 heterocycles. The van der Waals surface area contributed by atoms with Crippen molar-refractivity contribution in [1.29, 1.82) is 0 Å². The van der Waals surface area contributed by atoms with Crippen molar-refractivity contribution >= 4 is 41.4 Å². The van der Waals surface area contributed by atoms with Crippen molar-refractivity contribution in [3.8, 4) is 0 Å². The third kappa shape index (κ3) is 12.3. The standard InChI is InChI=1S/C42H69N7O7/c1-15-27(10)34-38(52)44-32(24(4)5)37(51)45-33(25(6)7)42(56)49(14)35(26(8)9)39(53)43-30(21-23(2)3)41(55)47(12)28(11)40(54)48(13)31(36(50)46-34)22-29-19-17-16-18-20-29/h16-20,23-28,30-35H,15,21-22H2,1-14H3,(H,43,53)(H,44,52)(H,45,51)(H,46,50)/t27-,28-,30-,31+,32+,33-,34+,35-/m0/s1. The van der Waals surface area contributed by atoms with E-state index < -0.39 is 95.5 Å². The molecule has 4 N–H and O–H groups in total. The second-order valence-corrected chi connectivity index (χ2v) is 16.9. The molecule has 56 heavy (non-hydrogen) atoms. The fourth-order valence-corrected chi connectivity index (χ4v) is 7.01. The van der Waals surface area contributed by atoms with Gasteiger partial charge in [-0.1, -0.05) is 106 Å². The zero-order valence-electron chi connectivity index (χ0n) is 36.1. The lowest BCUT2D eigenvalue weighted by atomic mass is 9.94. The van der Waals surface area contributed by atoms with Crippen molar-refractivity contribution in [3.05, 3.63) is 35.9 Å². The van der Waals surface area contributed by atoms with Gasteiger partial charge in [0.1, 0.15) is 42.3 Å². The summed E-state index contributed by atoms with van der Waals surface area (Å²) in [6, 6.07) is 1.79. The summed E-state index contributed by atoms with van der Waals surface area (Å²) >= 11 is 0. The lowest BCUT2D eigenvalue weighted by Crippen LogP contribution is -2.62. The summed E-state index contributed by atoms with van der Waals surface area (Å²) in [5.41, 5.74) is 0.773. The number of carbonyl (C=O) groups excluding carboxylic acids is 7. The first-order valence-corrected chi connectivity index (χ1v) is 20.1. The van der Waals surface area contributed by atoms with E-state index in [0.717, 1.165) is 5.56 Å². The van der Waals surface area contributed by atoms with Gasteiger partial charge in [0.15, 0.2) is 0 Å². The van der Waals surface area contributed by atoms with E-state index in [0.29, 0.717) is 6.42 Å². The first-order chi connectivity index (χ1) is 26.0. The minimum absolute atomic E-state index is 0.0270. The molecule has 1 aliphatic rings. The van der Waals surface area contributed by atoms with Crippen molar-refractivity contribution in [2.75, 3.05) is 21.1 Å². The first-order valence-electron chi connectivity index (χ1n) is 20.1. The van der Waals surface area contributed by atoms with Crippen LogP contribution in [0, 0.1) is 29.6 Å². The lowest BCUT2D eigenvalue weighted by molar-refractivity contribution is -0.149. The number of rotatable bonds is 9. The highest BCUT2D eigenvalue weighted by Crippen LogP contribution is 2.19. The van der Waals surface area contributed by atoms with Gasteiger partial charge in [-0.3, -0.25) is 33.6 Å². The highest BCUT2D eigenvalue weighted by Gasteiger charge is 2.41. The summed E-state index contributed by atoms with van der Waals surface area (Å²) in [5.74, 6) is -5.45. The van der Waals surface area contributed by atoms with E-state index in [1.807, 2.05) is 58.0 Å². The van der Waals surface area contributed by atoms with E-state index >= 15 is 0 Å². The summed E-state index contributed by atoms with van der Waals surface area (Å²) in [4.78, 5) is 103. The van der Waals surface area contributed by atoms with Crippen molar-refractivity contribution in [2.24, 2.45) is 29.6 Å². The molecular weight excluding hydrogens is 715 g/mol. The van der Waals surface area contributed by atoms with Crippen LogP contribution in [-0.2, 0) is 40.0 Å². The molecule has 1 aromatic rings. The smallest absolute Gasteiger partial charge is 0.245 e. The molecule has 0 unspecified atom stereocenters. The maximum atomic E-state index is 14.3. The van der Waals surface area contributed by atoms with Gasteiger partial charge in [-0.2, -0.15) is 0 Å². The van der Waals surface area contributed by atoms with E-state index in [9.17, 15) is 33.6 Å². The van der Waals surface area contributed by atoms with E-state index in [1.54, 1.807) is 48.5 Å². The van der Waals surface area contributed by atoms with Crippen LogP contribution < -0.4 is 21.3 Å². The second kappa shape index (κ2) is 21.2. The Morgan fingerprint density at radius 3 is 1.59 bits per heavy atom. The topological polar surface area (TPSA) is 177 Å². The Balaban J connectivity index is 2.82. The van der Waals surface area contributed by atoms with Gasteiger partial charge in [0.25, 0.3) is 0 Å². The van der Waals surface area contributed by atoms with Crippen LogP contribution in [0.4, 0.5) is 0 Å². The van der Waals surface area contributed by atoms with Gasteiger partial charge in [0.2, 0.25) is 41.4 Å². The van der Waals surface area contributed by atoms with E-state index in [-0.39, 0.29) is 30.6 Å². The molecule has 8 atom stereocenters. The Labute approximate surface area is 334 Å². The fourth-order valence-electron chi connectivity index (χ4n) is 7.01. The number of nitrogens with one attached hydrogen (secondary N) is 4. The van der Waals surface area contributed by atoms with Gasteiger partial charge in [0.05, 0.1) is 0 Å². The highest BCUT2D eigenvalue weighted by molar-refractivity contribution is 5.98. The van der Waals surface area contributed by atoms with E-state index in [2.05, 4.69) is 21.3 Å². The summed E-state index contributed by atoms with van der Waals surface area (Å²) in [5, 5.41) is 11.5. The highest BCUT2D eigenvalue weighted by atomic mass is 16.2. The zero-order valence-corrected chi connectivity index (χ0v) is 36.1. The predicted octanol–water partition coefficient (Wildman–Crippen LogP) is 2.74. The first kappa shape index (κ1) is 47.7. The average molecular weight is 784 g/mol. The molecule has 7 amide bonds. The Kier molecular flexibility index (Phi) is 18.0. The molecule has 1 saturated heterocycles. The summed E-state index contributed by atoms with van der Waals surface area (Å²) < 4.78 is 0. The number of nitrogens with zero attached hydrogens (tertiary/aromatic N) is 3. The molecule has 1 aliphatic heterocycles. The molecule has 0 aromatic heterocycles. The quantitative estimate of drug-likeness (QED) is 0.298. The van der Waals surface area contributed by atoms with Crippen molar-refractivity contribution in [1.82, 2.24) is 36.0 Å². The summed E-state index contributed by atoms with van der Waals surface area (Å²) in [6.45, 7) is 19.8. The normalized spacial score (nSPS) is 26.6. The zero-order chi connectivity index (χ0) is 42.8. The number of benzene rings is 1. The predicted molar refractivity (Wildman–Crippen MR) is 217 cm³/mol. The number of amides is 7. The van der Waals surface area contributed by atoms with Gasteiger partial charge in [-0.25, -0.2) is 0 Å². The Morgan fingerprint density at radius 1 is 0.571 bits per heavy atom. The SMILES string of the molecule is CC[C@H](C)[C@H]1NC(=O)[C@@H](Cc2ccccc2)N(C)C(=O)[C@H](C)N(C)C(=O)[C@H](CC(C)C)NC(=O)[C@H](C(C)C)N(C)C(=O)[C@H](C(C)C)NC(=O)[C@@H](C(C)C)NC1=O. The van der Waals surface area contributed by atoms with Crippen molar-refractivity contribution in [2.45, 2.75) is 138 Å². The van der Waals surface area contributed by atoms with Gasteiger partial charge in [0, 0.05) is 27.6 Å². The fraction of sp³-hybridized carbons (Fsp3) is 0.690. The molecule has 1 fully saturated rings. The van der Waals surface area contributed by atoms with Crippen LogP contribution in [0.2, 0.25) is 0 Å².